The Balaban J connectivity index is 1.39. The summed E-state index contributed by atoms with van der Waals surface area (Å²) in [4.78, 5) is 14.8. The van der Waals surface area contributed by atoms with Crippen molar-refractivity contribution in [2.45, 2.75) is 0 Å². The molecule has 0 aliphatic rings. The fourth-order valence-electron chi connectivity index (χ4n) is 5.85. The summed E-state index contributed by atoms with van der Waals surface area (Å²) >= 11 is 0.891. The summed E-state index contributed by atoms with van der Waals surface area (Å²) in [6, 6.07) is 29.0. The second-order valence-electron chi connectivity index (χ2n) is 11.2. The van der Waals surface area contributed by atoms with Gasteiger partial charge in [0.1, 0.15) is 0 Å². The summed E-state index contributed by atoms with van der Waals surface area (Å²) < 4.78 is 97.1. The maximum atomic E-state index is 9.62. The van der Waals surface area contributed by atoms with Crippen LogP contribution >= 0.6 is 11.3 Å². The lowest BCUT2D eigenvalue weighted by molar-refractivity contribution is 1.08. The van der Waals surface area contributed by atoms with Gasteiger partial charge in [-0.15, -0.1) is 11.3 Å². The molecule has 0 bridgehead atoms. The first kappa shape index (κ1) is 19.6. The van der Waals surface area contributed by atoms with E-state index in [0.29, 0.717) is 11.1 Å². The molecule has 230 valence electrons. The van der Waals surface area contributed by atoms with Gasteiger partial charge in [0.15, 0.2) is 17.5 Å². The van der Waals surface area contributed by atoms with E-state index < -0.39 is 60.4 Å². The number of rotatable bonds is 6. The van der Waals surface area contributed by atoms with Gasteiger partial charge in [0, 0.05) is 36.9 Å². The second-order valence-corrected chi connectivity index (χ2v) is 12.2. The number of benzene rings is 7. The van der Waals surface area contributed by atoms with Crippen LogP contribution in [0.1, 0.15) is 15.1 Å². The topological polar surface area (TPSA) is 38.7 Å². The molecular weight excluding hydrogens is 615 g/mol. The van der Waals surface area contributed by atoms with Crippen LogP contribution in [0.4, 0.5) is 0 Å². The van der Waals surface area contributed by atoms with Gasteiger partial charge in [-0.2, -0.15) is 0 Å². The Labute approximate surface area is 304 Å². The van der Waals surface area contributed by atoms with E-state index in [-0.39, 0.29) is 60.4 Å². The maximum Gasteiger partial charge on any atom is 0.164 e. The highest BCUT2D eigenvalue weighted by molar-refractivity contribution is 7.26. The molecule has 2 heterocycles. The van der Waals surface area contributed by atoms with Crippen LogP contribution in [-0.2, 0) is 0 Å². The third-order valence-corrected chi connectivity index (χ3v) is 9.33. The van der Waals surface area contributed by atoms with E-state index in [1.54, 1.807) is 0 Å². The minimum Gasteiger partial charge on any atom is -0.208 e. The molecule has 2 aromatic heterocycles. The van der Waals surface area contributed by atoms with Crippen LogP contribution in [0.2, 0.25) is 0 Å². The highest BCUT2D eigenvalue weighted by atomic mass is 32.1. The van der Waals surface area contributed by atoms with Crippen molar-refractivity contribution in [3.63, 3.8) is 0 Å². The Kier molecular flexibility index (Phi) is 4.96. The number of fused-ring (bicyclic) bond motifs is 3. The summed E-state index contributed by atoms with van der Waals surface area (Å²) in [7, 11) is 0. The number of nitrogens with zero attached hydrogens (tertiary/aromatic N) is 3. The van der Waals surface area contributed by atoms with Gasteiger partial charge in [0.2, 0.25) is 0 Å². The normalized spacial score (nSPS) is 14.4. The van der Waals surface area contributed by atoms with E-state index >= 15 is 0 Å². The lowest BCUT2D eigenvalue weighted by Gasteiger charge is -2.12. The van der Waals surface area contributed by atoms with Gasteiger partial charge in [-0.05, 0) is 51.5 Å². The number of aromatic nitrogens is 3. The summed E-state index contributed by atoms with van der Waals surface area (Å²) in [5.74, 6) is 0.403. The molecule has 0 saturated heterocycles. The van der Waals surface area contributed by atoms with Crippen molar-refractivity contribution in [3.05, 3.63) is 176 Å². The molecule has 0 aliphatic heterocycles. The molecular formula is C45H29N3S. The highest BCUT2D eigenvalue weighted by Gasteiger charge is 2.19. The van der Waals surface area contributed by atoms with Gasteiger partial charge in [0.05, 0.1) is 15.1 Å². The molecule has 9 aromatic rings. The zero-order valence-electron chi connectivity index (χ0n) is 36.6. The molecule has 0 atom stereocenters. The molecule has 7 aromatic carbocycles. The molecule has 9 rings (SSSR count). The Morgan fingerprint density at radius 3 is 1.71 bits per heavy atom. The van der Waals surface area contributed by atoms with Crippen molar-refractivity contribution < 1.29 is 15.1 Å². The van der Waals surface area contributed by atoms with Crippen molar-refractivity contribution in [3.8, 4) is 67.5 Å². The molecule has 3 nitrogen and oxygen atoms in total. The largest absolute Gasteiger partial charge is 0.208 e. The standard InChI is InChI=1S/C45H29N3S/c1-4-13-30(14-5-1)32-23-25-34(26-24-32)43-46-44(36-20-12-19-35(29-36)31-15-6-2-7-16-31)48-45(47-43)39-28-27-37(33-17-8-3-9-18-33)42-41(39)38-21-10-11-22-40(38)49-42/h1-29H/i3D,8D,9D,10D,11D,17D,18D,21D,22D,27D,28D. The molecule has 0 saturated carbocycles. The van der Waals surface area contributed by atoms with E-state index in [2.05, 4.69) is 0 Å². The molecule has 0 unspecified atom stereocenters. The fraction of sp³-hybridized carbons (Fsp3) is 0. The Hall–Kier alpha value is -6.23. The fourth-order valence-corrected chi connectivity index (χ4v) is 6.98. The number of hydrogen-bond acceptors (Lipinski definition) is 4. The van der Waals surface area contributed by atoms with Crippen molar-refractivity contribution in [1.29, 1.82) is 0 Å². The van der Waals surface area contributed by atoms with Gasteiger partial charge in [0.25, 0.3) is 0 Å². The molecule has 0 aliphatic carbocycles. The molecule has 49 heavy (non-hydrogen) atoms. The van der Waals surface area contributed by atoms with Crippen molar-refractivity contribution in [2.24, 2.45) is 0 Å². The van der Waals surface area contributed by atoms with E-state index in [1.165, 1.54) is 0 Å². The predicted octanol–water partition coefficient (Wildman–Crippen LogP) is 12.2. The molecule has 4 heteroatoms. The minimum atomic E-state index is -0.637. The summed E-state index contributed by atoms with van der Waals surface area (Å²) in [6.45, 7) is 0. The minimum absolute atomic E-state index is 0.0277. The van der Waals surface area contributed by atoms with Crippen molar-refractivity contribution in [1.82, 2.24) is 15.0 Å². The first-order valence-electron chi connectivity index (χ1n) is 21.0. The maximum absolute atomic E-state index is 9.62. The summed E-state index contributed by atoms with van der Waals surface area (Å²) in [6.07, 6.45) is 0. The zero-order chi connectivity index (χ0) is 42.1. The molecule has 0 radical (unpaired) electrons. The average molecular weight is 655 g/mol. The van der Waals surface area contributed by atoms with Crippen molar-refractivity contribution in [2.75, 3.05) is 0 Å². The third kappa shape index (κ3) is 5.48. The van der Waals surface area contributed by atoms with Crippen LogP contribution in [0, 0.1) is 0 Å². The molecule has 0 amide bonds. The van der Waals surface area contributed by atoms with Gasteiger partial charge in [-0.25, -0.2) is 15.0 Å². The number of hydrogen-bond donors (Lipinski definition) is 0. The summed E-state index contributed by atoms with van der Waals surface area (Å²) in [5, 5.41) is 0.116. The molecule has 0 N–H and O–H groups in total. The SMILES string of the molecule is [2H]c1c([2H])c([2H])c(-c2c([2H])c([2H])c(-c3nc(-c4ccc(-c5ccccc5)cc4)nc(-c4cccc(-c5ccccc5)c4)n3)c3c2sc2c([2H])c([2H])c([2H])c([2H])c23)c([2H])c1[2H]. The van der Waals surface area contributed by atoms with Gasteiger partial charge in [-0.1, -0.05) is 158 Å². The van der Waals surface area contributed by atoms with E-state index in [1.807, 2.05) is 109 Å². The van der Waals surface area contributed by atoms with Crippen molar-refractivity contribution >= 4 is 31.5 Å². The van der Waals surface area contributed by atoms with Gasteiger partial charge in [-0.3, -0.25) is 0 Å². The third-order valence-electron chi connectivity index (χ3n) is 8.21. The number of thiophene rings is 1. The van der Waals surface area contributed by atoms with Crippen LogP contribution in [0.3, 0.4) is 0 Å². The summed E-state index contributed by atoms with van der Waals surface area (Å²) in [5.41, 5.74) is 4.51. The van der Waals surface area contributed by atoms with E-state index in [9.17, 15) is 2.74 Å². The Bertz CT molecular complexity index is 3180. The first-order valence-corrected chi connectivity index (χ1v) is 16.3. The molecule has 0 spiro atoms. The quantitative estimate of drug-likeness (QED) is 0.179. The van der Waals surface area contributed by atoms with Crippen LogP contribution in [0.5, 0.6) is 0 Å². The van der Waals surface area contributed by atoms with E-state index in [0.717, 1.165) is 33.6 Å². The average Bonchev–Trinajstić information content (AvgIpc) is 3.68. The lowest BCUT2D eigenvalue weighted by atomic mass is 9.98. The first-order chi connectivity index (χ1) is 28.8. The Morgan fingerprint density at radius 1 is 0.408 bits per heavy atom. The predicted molar refractivity (Wildman–Crippen MR) is 205 cm³/mol. The lowest BCUT2D eigenvalue weighted by Crippen LogP contribution is -2.01. The zero-order valence-corrected chi connectivity index (χ0v) is 26.5. The van der Waals surface area contributed by atoms with Crippen LogP contribution in [0.25, 0.3) is 87.7 Å². The van der Waals surface area contributed by atoms with Crippen LogP contribution < -0.4 is 0 Å². The van der Waals surface area contributed by atoms with Crippen LogP contribution in [0.15, 0.2) is 176 Å². The molecule has 0 fully saturated rings. The monoisotopic (exact) mass is 654 g/mol. The highest BCUT2D eigenvalue weighted by Crippen LogP contribution is 2.44. The second kappa shape index (κ2) is 12.4. The van der Waals surface area contributed by atoms with Gasteiger partial charge >= 0.3 is 0 Å². The van der Waals surface area contributed by atoms with Crippen LogP contribution in [-0.4, -0.2) is 15.0 Å². The smallest absolute Gasteiger partial charge is 0.164 e. The van der Waals surface area contributed by atoms with Gasteiger partial charge < -0.3 is 0 Å². The Morgan fingerprint density at radius 2 is 0.959 bits per heavy atom. The van der Waals surface area contributed by atoms with E-state index in [4.69, 9.17) is 27.3 Å².